The predicted octanol–water partition coefficient (Wildman–Crippen LogP) is 3.07. The molecule has 3 amide bonds. The van der Waals surface area contributed by atoms with E-state index in [9.17, 15) is 9.59 Å². The third-order valence-corrected chi connectivity index (χ3v) is 5.14. The van der Waals surface area contributed by atoms with Gasteiger partial charge in [0.1, 0.15) is 0 Å². The van der Waals surface area contributed by atoms with Crippen molar-refractivity contribution in [2.24, 2.45) is 0 Å². The molecule has 0 bridgehead atoms. The number of carbonyl (C=O) groups excluding carboxylic acids is 2. The number of amides is 3. The lowest BCUT2D eigenvalue weighted by atomic mass is 10.2. The Kier molecular flexibility index (Phi) is 5.37. The molecule has 24 heavy (non-hydrogen) atoms. The summed E-state index contributed by atoms with van der Waals surface area (Å²) in [4.78, 5) is 28.7. The number of carbonyl (C=O) groups is 2. The summed E-state index contributed by atoms with van der Waals surface area (Å²) in [6, 6.07) is 13.2. The second-order valence-electron chi connectivity index (χ2n) is 5.53. The summed E-state index contributed by atoms with van der Waals surface area (Å²) < 4.78 is 0.609. The SMILES string of the molecule is O=C(NCc1ccccc1)N1CCN(C(=O)c2ccc(Cl)s2)CC1. The van der Waals surface area contributed by atoms with Gasteiger partial charge in [-0.15, -0.1) is 11.3 Å². The van der Waals surface area contributed by atoms with E-state index >= 15 is 0 Å². The van der Waals surface area contributed by atoms with Gasteiger partial charge in [0.2, 0.25) is 0 Å². The zero-order valence-electron chi connectivity index (χ0n) is 13.1. The summed E-state index contributed by atoms with van der Waals surface area (Å²) in [6.07, 6.45) is 0. The molecule has 2 heterocycles. The largest absolute Gasteiger partial charge is 0.334 e. The van der Waals surface area contributed by atoms with Crippen LogP contribution in [0.4, 0.5) is 4.79 Å². The van der Waals surface area contributed by atoms with Gasteiger partial charge in [0.05, 0.1) is 9.21 Å². The molecular formula is C17H18ClN3O2S. The fraction of sp³-hybridized carbons (Fsp3) is 0.294. The monoisotopic (exact) mass is 363 g/mol. The normalized spacial score (nSPS) is 14.5. The van der Waals surface area contributed by atoms with Crippen molar-refractivity contribution in [1.29, 1.82) is 0 Å². The van der Waals surface area contributed by atoms with E-state index in [4.69, 9.17) is 11.6 Å². The molecule has 1 aromatic carbocycles. The number of halogens is 1. The zero-order chi connectivity index (χ0) is 16.9. The molecule has 126 valence electrons. The van der Waals surface area contributed by atoms with E-state index < -0.39 is 0 Å². The molecule has 0 aliphatic carbocycles. The van der Waals surface area contributed by atoms with Crippen LogP contribution in [-0.2, 0) is 6.54 Å². The third-order valence-electron chi connectivity index (χ3n) is 3.92. The number of benzene rings is 1. The minimum atomic E-state index is -0.0925. The average molecular weight is 364 g/mol. The summed E-state index contributed by atoms with van der Waals surface area (Å²) in [5.41, 5.74) is 1.06. The van der Waals surface area contributed by atoms with Gasteiger partial charge in [0, 0.05) is 32.7 Å². The van der Waals surface area contributed by atoms with E-state index in [1.54, 1.807) is 21.9 Å². The Morgan fingerprint density at radius 1 is 1.00 bits per heavy atom. The van der Waals surface area contributed by atoms with E-state index in [1.807, 2.05) is 30.3 Å². The maximum atomic E-state index is 12.4. The summed E-state index contributed by atoms with van der Waals surface area (Å²) in [5.74, 6) is -0.0174. The molecule has 2 aromatic rings. The van der Waals surface area contributed by atoms with Gasteiger partial charge in [-0.2, -0.15) is 0 Å². The first-order chi connectivity index (χ1) is 11.6. The van der Waals surface area contributed by atoms with E-state index in [-0.39, 0.29) is 11.9 Å². The van der Waals surface area contributed by atoms with Crippen LogP contribution in [0.15, 0.2) is 42.5 Å². The van der Waals surface area contributed by atoms with Crippen LogP contribution >= 0.6 is 22.9 Å². The molecule has 1 aromatic heterocycles. The van der Waals surface area contributed by atoms with Gasteiger partial charge in [-0.1, -0.05) is 41.9 Å². The van der Waals surface area contributed by atoms with Gasteiger partial charge in [-0.25, -0.2) is 4.79 Å². The molecule has 1 fully saturated rings. The van der Waals surface area contributed by atoms with Crippen molar-refractivity contribution >= 4 is 34.9 Å². The van der Waals surface area contributed by atoms with Crippen molar-refractivity contribution < 1.29 is 9.59 Å². The molecule has 5 nitrogen and oxygen atoms in total. The van der Waals surface area contributed by atoms with Crippen molar-refractivity contribution in [2.45, 2.75) is 6.54 Å². The molecule has 0 unspecified atom stereocenters. The van der Waals surface area contributed by atoms with Crippen LogP contribution in [0.25, 0.3) is 0 Å². The highest BCUT2D eigenvalue weighted by atomic mass is 35.5. The van der Waals surface area contributed by atoms with Crippen LogP contribution in [0.1, 0.15) is 15.2 Å². The number of rotatable bonds is 3. The first-order valence-corrected chi connectivity index (χ1v) is 8.94. The van der Waals surface area contributed by atoms with Crippen LogP contribution in [0.3, 0.4) is 0 Å². The predicted molar refractivity (Wildman–Crippen MR) is 95.5 cm³/mol. The zero-order valence-corrected chi connectivity index (χ0v) is 14.6. The minimum absolute atomic E-state index is 0.0174. The number of hydrogen-bond acceptors (Lipinski definition) is 3. The van der Waals surface area contributed by atoms with Gasteiger partial charge in [-0.3, -0.25) is 4.79 Å². The molecule has 0 spiro atoms. The summed E-state index contributed by atoms with van der Waals surface area (Å²) in [7, 11) is 0. The van der Waals surface area contributed by atoms with Crippen molar-refractivity contribution in [1.82, 2.24) is 15.1 Å². The number of hydrogen-bond donors (Lipinski definition) is 1. The number of piperazine rings is 1. The highest BCUT2D eigenvalue weighted by molar-refractivity contribution is 7.17. The molecule has 1 saturated heterocycles. The van der Waals surface area contributed by atoms with E-state index in [2.05, 4.69) is 5.32 Å². The Hall–Kier alpha value is -2.05. The second kappa shape index (κ2) is 7.68. The van der Waals surface area contributed by atoms with Gasteiger partial charge >= 0.3 is 6.03 Å². The lowest BCUT2D eigenvalue weighted by Crippen LogP contribution is -2.53. The lowest BCUT2D eigenvalue weighted by molar-refractivity contribution is 0.0669. The van der Waals surface area contributed by atoms with Crippen LogP contribution in [0.2, 0.25) is 4.34 Å². The Morgan fingerprint density at radius 3 is 2.29 bits per heavy atom. The molecule has 1 aliphatic heterocycles. The van der Waals surface area contributed by atoms with Crippen LogP contribution in [0, 0.1) is 0 Å². The molecule has 7 heteroatoms. The highest BCUT2D eigenvalue weighted by Crippen LogP contribution is 2.23. The standard InChI is InChI=1S/C17H18ClN3O2S/c18-15-7-6-14(24-15)16(22)20-8-10-21(11-9-20)17(23)19-12-13-4-2-1-3-5-13/h1-7H,8-12H2,(H,19,23). The molecule has 0 radical (unpaired) electrons. The smallest absolute Gasteiger partial charge is 0.317 e. The van der Waals surface area contributed by atoms with Crippen molar-refractivity contribution in [2.75, 3.05) is 26.2 Å². The van der Waals surface area contributed by atoms with Crippen LogP contribution in [-0.4, -0.2) is 47.9 Å². The Morgan fingerprint density at radius 2 is 1.67 bits per heavy atom. The highest BCUT2D eigenvalue weighted by Gasteiger charge is 2.25. The van der Waals surface area contributed by atoms with Gasteiger partial charge in [0.25, 0.3) is 5.91 Å². The van der Waals surface area contributed by atoms with Gasteiger partial charge < -0.3 is 15.1 Å². The molecule has 0 atom stereocenters. The molecule has 1 aliphatic rings. The fourth-order valence-electron chi connectivity index (χ4n) is 2.58. The summed E-state index contributed by atoms with van der Waals surface area (Å²) >= 11 is 7.16. The third kappa shape index (κ3) is 4.07. The summed E-state index contributed by atoms with van der Waals surface area (Å²) in [5, 5.41) is 2.92. The Bertz CT molecular complexity index is 712. The topological polar surface area (TPSA) is 52.7 Å². The van der Waals surface area contributed by atoms with Gasteiger partial charge in [0.15, 0.2) is 0 Å². The minimum Gasteiger partial charge on any atom is -0.334 e. The van der Waals surface area contributed by atoms with Crippen LogP contribution in [0.5, 0.6) is 0 Å². The number of nitrogens with zero attached hydrogens (tertiary/aromatic N) is 2. The Labute approximate surface area is 149 Å². The second-order valence-corrected chi connectivity index (χ2v) is 7.24. The van der Waals surface area contributed by atoms with E-state index in [1.165, 1.54) is 11.3 Å². The quantitative estimate of drug-likeness (QED) is 0.911. The fourth-order valence-corrected chi connectivity index (χ4v) is 3.59. The molecule has 0 saturated carbocycles. The number of urea groups is 1. The lowest BCUT2D eigenvalue weighted by Gasteiger charge is -2.34. The van der Waals surface area contributed by atoms with Crippen molar-refractivity contribution in [3.05, 3.63) is 57.2 Å². The number of thiophene rings is 1. The average Bonchev–Trinajstić information content (AvgIpc) is 3.06. The first kappa shape index (κ1) is 16.8. The van der Waals surface area contributed by atoms with Crippen molar-refractivity contribution in [3.8, 4) is 0 Å². The molecule has 3 rings (SSSR count). The van der Waals surface area contributed by atoms with Gasteiger partial charge in [-0.05, 0) is 17.7 Å². The molecular weight excluding hydrogens is 346 g/mol. The maximum Gasteiger partial charge on any atom is 0.317 e. The molecule has 1 N–H and O–H groups in total. The summed E-state index contributed by atoms with van der Waals surface area (Å²) in [6.45, 7) is 2.64. The Balaban J connectivity index is 1.47. The van der Waals surface area contributed by atoms with Crippen molar-refractivity contribution in [3.63, 3.8) is 0 Å². The number of nitrogens with one attached hydrogen (secondary N) is 1. The van der Waals surface area contributed by atoms with E-state index in [0.717, 1.165) is 5.56 Å². The van der Waals surface area contributed by atoms with Crippen LogP contribution < -0.4 is 5.32 Å². The maximum absolute atomic E-state index is 12.4. The first-order valence-electron chi connectivity index (χ1n) is 7.75. The van der Waals surface area contributed by atoms with E-state index in [0.29, 0.717) is 41.9 Å².